The van der Waals surface area contributed by atoms with Gasteiger partial charge in [-0.3, -0.25) is 0 Å². The molecule has 0 heterocycles. The van der Waals surface area contributed by atoms with E-state index in [9.17, 15) is 15.0 Å². The second-order valence-electron chi connectivity index (χ2n) is 3.46. The number of aliphatic hydroxyl groups excluding tert-OH is 5. The molecule has 0 radical (unpaired) electrons. The van der Waals surface area contributed by atoms with Crippen LogP contribution in [0.2, 0.25) is 0 Å². The number of aliphatic hydroxyl groups is 5. The van der Waals surface area contributed by atoms with Gasteiger partial charge in [0.2, 0.25) is 0 Å². The molecule has 0 aromatic heterocycles. The van der Waals surface area contributed by atoms with E-state index in [0.717, 1.165) is 0 Å². The zero-order valence-electron chi connectivity index (χ0n) is 8.93. The number of carbonyl (C=O) groups is 1. The number of hydrogen-bond acceptors (Lipinski definition) is 7. The highest BCUT2D eigenvalue weighted by molar-refractivity contribution is 5.57. The van der Waals surface area contributed by atoms with Gasteiger partial charge in [-0.1, -0.05) is 0 Å². The van der Waals surface area contributed by atoms with E-state index in [4.69, 9.17) is 20.1 Å². The topological polar surface area (TPSA) is 127 Å². The van der Waals surface area contributed by atoms with Crippen LogP contribution in [-0.2, 0) is 9.53 Å². The van der Waals surface area contributed by atoms with Gasteiger partial charge in [-0.15, -0.1) is 0 Å². The Labute approximate surface area is 92.9 Å². The maximum absolute atomic E-state index is 10.6. The molecule has 0 bridgehead atoms. The van der Waals surface area contributed by atoms with Crippen LogP contribution in [0.4, 0.5) is 0 Å². The summed E-state index contributed by atoms with van der Waals surface area (Å²) in [7, 11) is 0. The first-order valence-electron chi connectivity index (χ1n) is 4.84. The molecule has 0 saturated heterocycles. The molecule has 5 N–H and O–H groups in total. The van der Waals surface area contributed by atoms with Gasteiger partial charge < -0.3 is 35.1 Å². The molecule has 7 heteroatoms. The third-order valence-electron chi connectivity index (χ3n) is 2.05. The summed E-state index contributed by atoms with van der Waals surface area (Å²) in [6.07, 6.45) is -6.75. The highest BCUT2D eigenvalue weighted by Gasteiger charge is 2.32. The maximum atomic E-state index is 10.6. The first-order chi connectivity index (χ1) is 7.47. The maximum Gasteiger partial charge on any atom is 0.151 e. The molecule has 0 fully saturated rings. The van der Waals surface area contributed by atoms with Crippen LogP contribution in [0.5, 0.6) is 0 Å². The molecular weight excluding hydrogens is 220 g/mol. The second-order valence-corrected chi connectivity index (χ2v) is 3.46. The van der Waals surface area contributed by atoms with Gasteiger partial charge in [-0.05, 0) is 6.92 Å². The lowest BCUT2D eigenvalue weighted by Gasteiger charge is -2.27. The van der Waals surface area contributed by atoms with Crippen molar-refractivity contribution in [3.05, 3.63) is 0 Å². The monoisotopic (exact) mass is 238 g/mol. The normalized spacial score (nSPS) is 20.9. The fourth-order valence-corrected chi connectivity index (χ4v) is 1.03. The molecule has 0 aromatic carbocycles. The van der Waals surface area contributed by atoms with E-state index in [2.05, 4.69) is 0 Å². The molecular formula is C9H18O7. The third-order valence-corrected chi connectivity index (χ3v) is 2.05. The average molecular weight is 238 g/mol. The largest absolute Gasteiger partial charge is 0.394 e. The van der Waals surface area contributed by atoms with Crippen molar-refractivity contribution in [2.24, 2.45) is 0 Å². The molecule has 0 saturated carbocycles. The van der Waals surface area contributed by atoms with E-state index in [0.29, 0.717) is 0 Å². The predicted octanol–water partition coefficient (Wildman–Crippen LogP) is -2.97. The summed E-state index contributed by atoms with van der Waals surface area (Å²) in [4.78, 5) is 10.6. The molecule has 0 aliphatic rings. The summed E-state index contributed by atoms with van der Waals surface area (Å²) < 4.78 is 4.91. The number of rotatable bonds is 8. The van der Waals surface area contributed by atoms with Crippen molar-refractivity contribution in [2.45, 2.75) is 37.4 Å². The Bertz CT molecular complexity index is 198. The van der Waals surface area contributed by atoms with Crippen LogP contribution in [0.1, 0.15) is 6.92 Å². The van der Waals surface area contributed by atoms with Crippen molar-refractivity contribution in [3.8, 4) is 0 Å². The van der Waals surface area contributed by atoms with Gasteiger partial charge in [0.25, 0.3) is 0 Å². The smallest absolute Gasteiger partial charge is 0.151 e. The molecule has 0 aliphatic carbocycles. The van der Waals surface area contributed by atoms with Crippen LogP contribution in [0.3, 0.4) is 0 Å². The Kier molecular flexibility index (Phi) is 7.39. The van der Waals surface area contributed by atoms with E-state index in [1.807, 2.05) is 0 Å². The van der Waals surface area contributed by atoms with Gasteiger partial charge in [0.1, 0.15) is 24.4 Å². The van der Waals surface area contributed by atoms with Gasteiger partial charge in [-0.25, -0.2) is 0 Å². The fourth-order valence-electron chi connectivity index (χ4n) is 1.03. The molecule has 16 heavy (non-hydrogen) atoms. The Morgan fingerprint density at radius 2 is 1.69 bits per heavy atom. The van der Waals surface area contributed by atoms with Crippen molar-refractivity contribution in [1.29, 1.82) is 0 Å². The number of ether oxygens (including phenoxy) is 1. The quantitative estimate of drug-likeness (QED) is 0.286. The lowest BCUT2D eigenvalue weighted by Crippen LogP contribution is -2.48. The van der Waals surface area contributed by atoms with Crippen molar-refractivity contribution in [3.63, 3.8) is 0 Å². The minimum absolute atomic E-state index is 0.254. The summed E-state index contributed by atoms with van der Waals surface area (Å²) in [6.45, 7) is 0.368. The predicted molar refractivity (Wildman–Crippen MR) is 52.6 cm³/mol. The Hall–Kier alpha value is -0.570. The van der Waals surface area contributed by atoms with Crippen LogP contribution in [0.15, 0.2) is 0 Å². The Morgan fingerprint density at radius 3 is 2.06 bits per heavy atom. The van der Waals surface area contributed by atoms with Gasteiger partial charge in [-0.2, -0.15) is 0 Å². The van der Waals surface area contributed by atoms with Crippen LogP contribution < -0.4 is 0 Å². The zero-order chi connectivity index (χ0) is 12.7. The van der Waals surface area contributed by atoms with E-state index in [1.165, 1.54) is 6.92 Å². The third kappa shape index (κ3) is 4.52. The minimum Gasteiger partial charge on any atom is -0.394 e. The van der Waals surface area contributed by atoms with Gasteiger partial charge in [0.05, 0.1) is 19.3 Å². The summed E-state index contributed by atoms with van der Waals surface area (Å²) in [5, 5.41) is 45.1. The summed E-state index contributed by atoms with van der Waals surface area (Å²) in [5.74, 6) is 0. The van der Waals surface area contributed by atoms with Crippen molar-refractivity contribution in [1.82, 2.24) is 0 Å². The van der Waals surface area contributed by atoms with Gasteiger partial charge >= 0.3 is 0 Å². The Balaban J connectivity index is 4.39. The number of carbonyl (C=O) groups excluding carboxylic acids is 1. The molecule has 0 aliphatic heterocycles. The van der Waals surface area contributed by atoms with Crippen molar-refractivity contribution < 1.29 is 35.1 Å². The van der Waals surface area contributed by atoms with E-state index < -0.39 is 37.1 Å². The molecule has 0 spiro atoms. The van der Waals surface area contributed by atoms with E-state index in [-0.39, 0.29) is 12.9 Å². The van der Waals surface area contributed by atoms with Crippen LogP contribution >= 0.6 is 0 Å². The van der Waals surface area contributed by atoms with Gasteiger partial charge in [0.15, 0.2) is 6.29 Å². The minimum atomic E-state index is -1.70. The standard InChI is InChI=1S/C9H18O7/c1-5(2-10)16-7(4-12)9(15)8(14)6(13)3-11/h4-11,13-15H,2-3H2,1H3/t5?,6-,7+,8-,9-/m1/s1. The lowest BCUT2D eigenvalue weighted by molar-refractivity contribution is -0.156. The van der Waals surface area contributed by atoms with E-state index in [1.54, 1.807) is 0 Å². The SMILES string of the molecule is CC(CO)O[C@@H](C=O)[C@@H](O)[C@H](O)[C@H](O)CO. The fraction of sp³-hybridized carbons (Fsp3) is 0.889. The summed E-state index contributed by atoms with van der Waals surface area (Å²) in [6, 6.07) is 0. The van der Waals surface area contributed by atoms with Gasteiger partial charge in [0, 0.05) is 0 Å². The van der Waals surface area contributed by atoms with Crippen LogP contribution in [-0.4, -0.2) is 75.6 Å². The first kappa shape index (κ1) is 15.4. The molecule has 0 aromatic rings. The number of hydrogen-bond donors (Lipinski definition) is 5. The van der Waals surface area contributed by atoms with Crippen LogP contribution in [0.25, 0.3) is 0 Å². The molecule has 1 unspecified atom stereocenters. The molecule has 96 valence electrons. The summed E-state index contributed by atoms with van der Waals surface area (Å²) >= 11 is 0. The molecule has 0 rings (SSSR count). The lowest BCUT2D eigenvalue weighted by atomic mass is 10.0. The highest BCUT2D eigenvalue weighted by atomic mass is 16.5. The zero-order valence-corrected chi connectivity index (χ0v) is 8.93. The van der Waals surface area contributed by atoms with Crippen molar-refractivity contribution in [2.75, 3.05) is 13.2 Å². The molecule has 5 atom stereocenters. The second kappa shape index (κ2) is 7.66. The molecule has 7 nitrogen and oxygen atoms in total. The first-order valence-corrected chi connectivity index (χ1v) is 4.84. The number of aldehydes is 1. The van der Waals surface area contributed by atoms with Crippen molar-refractivity contribution >= 4 is 6.29 Å². The van der Waals surface area contributed by atoms with E-state index >= 15 is 0 Å². The van der Waals surface area contributed by atoms with Crippen LogP contribution in [0, 0.1) is 0 Å². The summed E-state index contributed by atoms with van der Waals surface area (Å²) in [5.41, 5.74) is 0. The highest BCUT2D eigenvalue weighted by Crippen LogP contribution is 2.08. The Morgan fingerprint density at radius 1 is 1.12 bits per heavy atom. The molecule has 0 amide bonds. The average Bonchev–Trinajstić information content (AvgIpc) is 2.32.